The highest BCUT2D eigenvalue weighted by atomic mass is 16.5. The van der Waals surface area contributed by atoms with E-state index in [9.17, 15) is 9.59 Å². The first kappa shape index (κ1) is 15.8. The molecule has 4 heteroatoms. The maximum Gasteiger partial charge on any atom is 0.344 e. The Bertz CT molecular complexity index is 704. The number of rotatable bonds is 5. The van der Waals surface area contributed by atoms with Crippen molar-refractivity contribution in [1.82, 2.24) is 0 Å². The maximum absolute atomic E-state index is 12.3. The molecular formula is C18H18O4. The van der Waals surface area contributed by atoms with E-state index in [0.717, 1.165) is 24.0 Å². The van der Waals surface area contributed by atoms with E-state index in [1.54, 1.807) is 18.2 Å². The van der Waals surface area contributed by atoms with Gasteiger partial charge in [-0.2, -0.15) is 0 Å². The summed E-state index contributed by atoms with van der Waals surface area (Å²) in [7, 11) is 0. The molecule has 0 fully saturated rings. The van der Waals surface area contributed by atoms with Crippen LogP contribution in [0.5, 0.6) is 5.75 Å². The minimum Gasteiger partial charge on any atom is -0.478 e. The van der Waals surface area contributed by atoms with Gasteiger partial charge in [-0.3, -0.25) is 0 Å². The topological polar surface area (TPSA) is 63.6 Å². The zero-order chi connectivity index (χ0) is 16.1. The van der Waals surface area contributed by atoms with Crippen LogP contribution in [-0.4, -0.2) is 17.0 Å². The molecule has 0 spiro atoms. The van der Waals surface area contributed by atoms with E-state index < -0.39 is 11.9 Å². The van der Waals surface area contributed by atoms with Crippen molar-refractivity contribution >= 4 is 11.9 Å². The van der Waals surface area contributed by atoms with Gasteiger partial charge in [0.1, 0.15) is 5.75 Å². The Balaban J connectivity index is 2.36. The number of hydrogen-bond acceptors (Lipinski definition) is 3. The molecule has 4 nitrogen and oxygen atoms in total. The molecule has 0 bridgehead atoms. The average Bonchev–Trinajstić information content (AvgIpc) is 2.54. The molecule has 0 aromatic heterocycles. The Hall–Kier alpha value is -2.62. The van der Waals surface area contributed by atoms with Crippen LogP contribution in [-0.2, 0) is 12.8 Å². The molecule has 0 atom stereocenters. The summed E-state index contributed by atoms with van der Waals surface area (Å²) >= 11 is 0. The molecule has 2 aromatic rings. The smallest absolute Gasteiger partial charge is 0.344 e. The Morgan fingerprint density at radius 3 is 2.23 bits per heavy atom. The summed E-state index contributed by atoms with van der Waals surface area (Å²) < 4.78 is 5.45. The van der Waals surface area contributed by atoms with Gasteiger partial charge >= 0.3 is 11.9 Å². The van der Waals surface area contributed by atoms with E-state index in [2.05, 4.69) is 0 Å². The molecule has 114 valence electrons. The number of carboxylic acids is 1. The Labute approximate surface area is 129 Å². The highest BCUT2D eigenvalue weighted by Crippen LogP contribution is 2.25. The molecule has 0 heterocycles. The lowest BCUT2D eigenvalue weighted by molar-refractivity contribution is 0.0667. The van der Waals surface area contributed by atoms with Gasteiger partial charge in [0.15, 0.2) is 0 Å². The number of ether oxygens (including phenoxy) is 1. The number of carbonyl (C=O) groups is 2. The number of carboxylic acid groups (broad SMARTS) is 1. The van der Waals surface area contributed by atoms with Gasteiger partial charge in [0.2, 0.25) is 0 Å². The summed E-state index contributed by atoms with van der Waals surface area (Å²) in [5.41, 5.74) is 2.10. The zero-order valence-electron chi connectivity index (χ0n) is 12.6. The third-order valence-electron chi connectivity index (χ3n) is 3.54. The summed E-state index contributed by atoms with van der Waals surface area (Å²) in [6.45, 7) is 4.04. The van der Waals surface area contributed by atoms with E-state index in [1.165, 1.54) is 12.1 Å². The van der Waals surface area contributed by atoms with Gasteiger partial charge in [-0.1, -0.05) is 38.1 Å². The lowest BCUT2D eigenvalue weighted by Crippen LogP contribution is -2.15. The van der Waals surface area contributed by atoms with E-state index in [0.29, 0.717) is 5.75 Å². The normalized spacial score (nSPS) is 10.3. The van der Waals surface area contributed by atoms with Crippen LogP contribution >= 0.6 is 0 Å². The SMILES string of the molecule is CCc1cccc(OC(=O)c2ccccc2C(=O)O)c1CC. The fourth-order valence-electron chi connectivity index (χ4n) is 2.44. The maximum atomic E-state index is 12.3. The molecule has 0 saturated carbocycles. The minimum atomic E-state index is -1.15. The number of aromatic carboxylic acids is 1. The second kappa shape index (κ2) is 6.89. The van der Waals surface area contributed by atoms with E-state index >= 15 is 0 Å². The molecule has 0 aliphatic rings. The number of hydrogen-bond donors (Lipinski definition) is 1. The molecular weight excluding hydrogens is 280 g/mol. The molecule has 2 rings (SSSR count). The molecule has 0 aliphatic heterocycles. The third-order valence-corrected chi connectivity index (χ3v) is 3.54. The highest BCUT2D eigenvalue weighted by Gasteiger charge is 2.19. The molecule has 1 N–H and O–H groups in total. The molecule has 0 unspecified atom stereocenters. The Morgan fingerprint density at radius 1 is 0.955 bits per heavy atom. The lowest BCUT2D eigenvalue weighted by atomic mass is 10.0. The molecule has 0 saturated heterocycles. The fourth-order valence-corrected chi connectivity index (χ4v) is 2.44. The van der Waals surface area contributed by atoms with Crippen molar-refractivity contribution in [1.29, 1.82) is 0 Å². The van der Waals surface area contributed by atoms with Gasteiger partial charge in [-0.15, -0.1) is 0 Å². The van der Waals surface area contributed by atoms with Crippen molar-refractivity contribution in [3.05, 3.63) is 64.7 Å². The summed E-state index contributed by atoms with van der Waals surface area (Å²) in [4.78, 5) is 23.5. The summed E-state index contributed by atoms with van der Waals surface area (Å²) in [5.74, 6) is -1.31. The molecule has 0 amide bonds. The van der Waals surface area contributed by atoms with Crippen LogP contribution in [0.1, 0.15) is 45.7 Å². The molecule has 2 aromatic carbocycles. The van der Waals surface area contributed by atoms with Crippen molar-refractivity contribution in [2.45, 2.75) is 26.7 Å². The van der Waals surface area contributed by atoms with Gasteiger partial charge in [0, 0.05) is 0 Å². The van der Waals surface area contributed by atoms with Crippen LogP contribution in [0.3, 0.4) is 0 Å². The monoisotopic (exact) mass is 298 g/mol. The van der Waals surface area contributed by atoms with Crippen molar-refractivity contribution in [3.8, 4) is 5.75 Å². The van der Waals surface area contributed by atoms with Crippen molar-refractivity contribution in [3.63, 3.8) is 0 Å². The quantitative estimate of drug-likeness (QED) is 0.675. The molecule has 22 heavy (non-hydrogen) atoms. The number of benzene rings is 2. The van der Waals surface area contributed by atoms with Crippen LogP contribution in [0, 0.1) is 0 Å². The number of carbonyl (C=O) groups excluding carboxylic acids is 1. The van der Waals surface area contributed by atoms with E-state index in [4.69, 9.17) is 9.84 Å². The molecule has 0 aliphatic carbocycles. The standard InChI is InChI=1S/C18H18O4/c1-3-12-8-7-11-16(13(12)4-2)22-18(21)15-10-6-5-9-14(15)17(19)20/h5-11H,3-4H2,1-2H3,(H,19,20). The zero-order valence-corrected chi connectivity index (χ0v) is 12.6. The second-order valence-electron chi connectivity index (χ2n) is 4.84. The van der Waals surface area contributed by atoms with Gasteiger partial charge in [0.25, 0.3) is 0 Å². The first-order valence-corrected chi connectivity index (χ1v) is 7.23. The minimum absolute atomic E-state index is 0.0546. The largest absolute Gasteiger partial charge is 0.478 e. The highest BCUT2D eigenvalue weighted by molar-refractivity contribution is 6.03. The third kappa shape index (κ3) is 3.17. The molecule has 0 radical (unpaired) electrons. The number of esters is 1. The van der Waals surface area contributed by atoms with Crippen molar-refractivity contribution in [2.75, 3.05) is 0 Å². The van der Waals surface area contributed by atoms with Gasteiger partial charge in [-0.25, -0.2) is 9.59 Å². The first-order chi connectivity index (χ1) is 10.6. The first-order valence-electron chi connectivity index (χ1n) is 7.23. The van der Waals surface area contributed by atoms with Crippen molar-refractivity contribution in [2.24, 2.45) is 0 Å². The number of aryl methyl sites for hydroxylation is 1. The predicted molar refractivity (Wildman–Crippen MR) is 83.6 cm³/mol. The van der Waals surface area contributed by atoms with Gasteiger partial charge in [-0.05, 0) is 42.2 Å². The van der Waals surface area contributed by atoms with E-state index in [1.807, 2.05) is 26.0 Å². The van der Waals surface area contributed by atoms with Crippen LogP contribution in [0.4, 0.5) is 0 Å². The van der Waals surface area contributed by atoms with Crippen LogP contribution in [0.15, 0.2) is 42.5 Å². The Kier molecular flexibility index (Phi) is 4.94. The second-order valence-corrected chi connectivity index (χ2v) is 4.84. The average molecular weight is 298 g/mol. The fraction of sp³-hybridized carbons (Fsp3) is 0.222. The van der Waals surface area contributed by atoms with Crippen LogP contribution in [0.25, 0.3) is 0 Å². The van der Waals surface area contributed by atoms with E-state index in [-0.39, 0.29) is 11.1 Å². The predicted octanol–water partition coefficient (Wildman–Crippen LogP) is 3.73. The van der Waals surface area contributed by atoms with Crippen LogP contribution < -0.4 is 4.74 Å². The van der Waals surface area contributed by atoms with Gasteiger partial charge in [0.05, 0.1) is 11.1 Å². The van der Waals surface area contributed by atoms with Crippen LogP contribution in [0.2, 0.25) is 0 Å². The van der Waals surface area contributed by atoms with Gasteiger partial charge < -0.3 is 9.84 Å². The summed E-state index contributed by atoms with van der Waals surface area (Å²) in [6, 6.07) is 11.6. The van der Waals surface area contributed by atoms with Crippen molar-refractivity contribution < 1.29 is 19.4 Å². The summed E-state index contributed by atoms with van der Waals surface area (Å²) in [5, 5.41) is 9.16. The Morgan fingerprint density at radius 2 is 1.64 bits per heavy atom. The summed E-state index contributed by atoms with van der Waals surface area (Å²) in [6.07, 6.45) is 1.59. The lowest BCUT2D eigenvalue weighted by Gasteiger charge is -2.13.